The van der Waals surface area contributed by atoms with E-state index < -0.39 is 5.91 Å². The molecule has 0 saturated carbocycles. The molecule has 0 unspecified atom stereocenters. The minimum absolute atomic E-state index is 0.338. The highest BCUT2D eigenvalue weighted by Crippen LogP contribution is 2.34. The van der Waals surface area contributed by atoms with E-state index in [-0.39, 0.29) is 0 Å². The summed E-state index contributed by atoms with van der Waals surface area (Å²) in [6, 6.07) is 13.3. The lowest BCUT2D eigenvalue weighted by Gasteiger charge is -2.05. The van der Waals surface area contributed by atoms with Crippen LogP contribution in [-0.2, 0) is 6.42 Å². The van der Waals surface area contributed by atoms with Crippen LogP contribution in [0, 0.1) is 0 Å². The lowest BCUT2D eigenvalue weighted by molar-refractivity contribution is 0.1000. The number of oxime groups is 1. The van der Waals surface area contributed by atoms with Gasteiger partial charge in [0.1, 0.15) is 5.69 Å². The summed E-state index contributed by atoms with van der Waals surface area (Å²) < 4.78 is 1.68. The summed E-state index contributed by atoms with van der Waals surface area (Å²) in [7, 11) is 0. The zero-order valence-corrected chi connectivity index (χ0v) is 16.4. The molecule has 5 rings (SSSR count). The maximum Gasteiger partial charge on any atom is 0.250 e. The van der Waals surface area contributed by atoms with E-state index in [2.05, 4.69) is 21.2 Å². The van der Waals surface area contributed by atoms with Crippen molar-refractivity contribution in [2.24, 2.45) is 10.9 Å². The van der Waals surface area contributed by atoms with Crippen LogP contribution in [0.5, 0.6) is 0 Å². The normalized spacial score (nSPS) is 14.0. The number of primary amides is 1. The van der Waals surface area contributed by atoms with Crippen molar-refractivity contribution in [3.63, 3.8) is 0 Å². The number of aryl methyl sites for hydroxylation is 1. The standard InChI is InChI=1S/C23H18N6O2/c24-23(30)17-3-6-21(26-12-17)29-13-19(22(27-29)14-7-9-25-10-8-14)16-1-4-18-15(11-16)2-5-20(18)28-31/h1,3-4,6-13,31H,2,5H2,(H2,24,30)/b28-20+. The minimum Gasteiger partial charge on any atom is -0.411 e. The van der Waals surface area contributed by atoms with E-state index in [9.17, 15) is 10.0 Å². The second-order valence-electron chi connectivity index (χ2n) is 7.26. The fourth-order valence-electron chi connectivity index (χ4n) is 3.83. The summed E-state index contributed by atoms with van der Waals surface area (Å²) in [5.41, 5.74) is 12.1. The molecule has 1 aromatic carbocycles. The SMILES string of the molecule is NC(=O)c1ccc(-n2cc(-c3ccc4c(c3)CC/C4=N\O)c(-c3ccncc3)n2)nc1. The van der Waals surface area contributed by atoms with Crippen LogP contribution >= 0.6 is 0 Å². The lowest BCUT2D eigenvalue weighted by atomic mass is 9.98. The molecule has 4 aromatic rings. The Hall–Kier alpha value is -4.33. The number of rotatable bonds is 4. The minimum atomic E-state index is -0.526. The van der Waals surface area contributed by atoms with Crippen LogP contribution in [0.15, 0.2) is 72.4 Å². The van der Waals surface area contributed by atoms with Gasteiger partial charge in [-0.15, -0.1) is 0 Å². The number of hydrogen-bond donors (Lipinski definition) is 2. The summed E-state index contributed by atoms with van der Waals surface area (Å²) in [4.78, 5) is 19.8. The third-order valence-electron chi connectivity index (χ3n) is 5.41. The van der Waals surface area contributed by atoms with Crippen LogP contribution in [0.2, 0.25) is 0 Å². The Morgan fingerprint density at radius 2 is 1.87 bits per heavy atom. The van der Waals surface area contributed by atoms with E-state index in [1.54, 1.807) is 29.2 Å². The highest BCUT2D eigenvalue weighted by Gasteiger charge is 2.21. The van der Waals surface area contributed by atoms with Gasteiger partial charge < -0.3 is 10.9 Å². The van der Waals surface area contributed by atoms with Crippen LogP contribution in [0.3, 0.4) is 0 Å². The maximum absolute atomic E-state index is 11.3. The predicted molar refractivity (Wildman–Crippen MR) is 115 cm³/mol. The molecule has 1 aliphatic rings. The van der Waals surface area contributed by atoms with Gasteiger partial charge in [-0.05, 0) is 48.2 Å². The molecule has 1 amide bonds. The van der Waals surface area contributed by atoms with Gasteiger partial charge in [-0.3, -0.25) is 9.78 Å². The number of aromatic nitrogens is 4. The number of amides is 1. The van der Waals surface area contributed by atoms with Gasteiger partial charge in [0.15, 0.2) is 5.82 Å². The van der Waals surface area contributed by atoms with E-state index in [0.29, 0.717) is 17.1 Å². The molecule has 152 valence electrons. The Morgan fingerprint density at radius 1 is 1.03 bits per heavy atom. The number of carbonyl (C=O) groups excluding carboxylic acids is 1. The number of fused-ring (bicyclic) bond motifs is 1. The molecule has 0 saturated heterocycles. The number of nitrogens with zero attached hydrogens (tertiary/aromatic N) is 5. The van der Waals surface area contributed by atoms with Gasteiger partial charge in [0.25, 0.3) is 0 Å². The van der Waals surface area contributed by atoms with Crippen LogP contribution < -0.4 is 5.73 Å². The highest BCUT2D eigenvalue weighted by molar-refractivity contribution is 6.04. The summed E-state index contributed by atoms with van der Waals surface area (Å²) in [6.45, 7) is 0. The fourth-order valence-corrected chi connectivity index (χ4v) is 3.83. The highest BCUT2D eigenvalue weighted by atomic mass is 16.4. The van der Waals surface area contributed by atoms with Crippen LogP contribution in [0.4, 0.5) is 0 Å². The van der Waals surface area contributed by atoms with Crippen molar-refractivity contribution < 1.29 is 10.0 Å². The van der Waals surface area contributed by atoms with Crippen molar-refractivity contribution in [1.82, 2.24) is 19.7 Å². The average Bonchev–Trinajstić information content (AvgIpc) is 3.44. The molecule has 0 fully saturated rings. The van der Waals surface area contributed by atoms with Gasteiger partial charge in [0.2, 0.25) is 5.91 Å². The Bertz CT molecular complexity index is 1310. The molecule has 3 N–H and O–H groups in total. The van der Waals surface area contributed by atoms with E-state index in [1.807, 2.05) is 30.5 Å². The molecular formula is C23H18N6O2. The fraction of sp³-hybridized carbons (Fsp3) is 0.0870. The van der Waals surface area contributed by atoms with Crippen molar-refractivity contribution in [3.8, 4) is 28.2 Å². The molecule has 0 aliphatic heterocycles. The van der Waals surface area contributed by atoms with Gasteiger partial charge in [-0.1, -0.05) is 23.4 Å². The third kappa shape index (κ3) is 3.33. The number of nitrogens with two attached hydrogens (primary N) is 1. The van der Waals surface area contributed by atoms with E-state index in [0.717, 1.165) is 46.4 Å². The van der Waals surface area contributed by atoms with Gasteiger partial charge >= 0.3 is 0 Å². The topological polar surface area (TPSA) is 119 Å². The molecule has 3 aromatic heterocycles. The molecule has 0 bridgehead atoms. The molecule has 0 atom stereocenters. The molecule has 1 aliphatic carbocycles. The molecule has 3 heterocycles. The smallest absolute Gasteiger partial charge is 0.250 e. The number of hydrogen-bond acceptors (Lipinski definition) is 6. The van der Waals surface area contributed by atoms with Crippen LogP contribution in [-0.4, -0.2) is 36.6 Å². The second kappa shape index (κ2) is 7.49. The Morgan fingerprint density at radius 3 is 2.58 bits per heavy atom. The first kappa shape index (κ1) is 18.7. The predicted octanol–water partition coefficient (Wildman–Crippen LogP) is 3.22. The molecule has 0 spiro atoms. The summed E-state index contributed by atoms with van der Waals surface area (Å²) >= 11 is 0. The van der Waals surface area contributed by atoms with Crippen molar-refractivity contribution in [1.29, 1.82) is 0 Å². The van der Waals surface area contributed by atoms with Gasteiger partial charge in [-0.25, -0.2) is 9.67 Å². The number of pyridine rings is 2. The molecule has 8 nitrogen and oxygen atoms in total. The summed E-state index contributed by atoms with van der Waals surface area (Å²) in [6.07, 6.45) is 8.37. The molecular weight excluding hydrogens is 392 g/mol. The number of benzene rings is 1. The second-order valence-corrected chi connectivity index (χ2v) is 7.26. The molecule has 31 heavy (non-hydrogen) atoms. The zero-order valence-electron chi connectivity index (χ0n) is 16.4. The van der Waals surface area contributed by atoms with E-state index in [4.69, 9.17) is 10.8 Å². The van der Waals surface area contributed by atoms with Crippen molar-refractivity contribution in [2.75, 3.05) is 0 Å². The summed E-state index contributed by atoms with van der Waals surface area (Å²) in [5.74, 6) is 0.0454. The molecule has 8 heteroatoms. The Balaban J connectivity index is 1.63. The first-order chi connectivity index (χ1) is 15.1. The lowest BCUT2D eigenvalue weighted by Crippen LogP contribution is -2.11. The third-order valence-corrected chi connectivity index (χ3v) is 5.41. The maximum atomic E-state index is 11.3. The van der Waals surface area contributed by atoms with Crippen LogP contribution in [0.1, 0.15) is 27.9 Å². The Kier molecular flexibility index (Phi) is 4.51. The average molecular weight is 410 g/mol. The van der Waals surface area contributed by atoms with E-state index >= 15 is 0 Å². The largest absolute Gasteiger partial charge is 0.411 e. The van der Waals surface area contributed by atoms with Gasteiger partial charge in [0.05, 0.1) is 11.3 Å². The number of carbonyl (C=O) groups is 1. The van der Waals surface area contributed by atoms with Crippen molar-refractivity contribution in [3.05, 3.63) is 83.9 Å². The first-order valence-corrected chi connectivity index (χ1v) is 9.75. The summed E-state index contributed by atoms with van der Waals surface area (Å²) in [5, 5.41) is 17.4. The van der Waals surface area contributed by atoms with Crippen molar-refractivity contribution >= 4 is 11.6 Å². The first-order valence-electron chi connectivity index (χ1n) is 9.75. The van der Waals surface area contributed by atoms with Crippen molar-refractivity contribution in [2.45, 2.75) is 12.8 Å². The zero-order chi connectivity index (χ0) is 21.4. The Labute approximate surface area is 177 Å². The van der Waals surface area contributed by atoms with Crippen LogP contribution in [0.25, 0.3) is 28.2 Å². The van der Waals surface area contributed by atoms with E-state index in [1.165, 1.54) is 6.20 Å². The van der Waals surface area contributed by atoms with Gasteiger partial charge in [-0.2, -0.15) is 5.10 Å². The monoisotopic (exact) mass is 410 g/mol. The molecule has 0 radical (unpaired) electrons. The quantitative estimate of drug-likeness (QED) is 0.395. The van der Waals surface area contributed by atoms with Gasteiger partial charge in [0, 0.05) is 41.5 Å².